The summed E-state index contributed by atoms with van der Waals surface area (Å²) >= 11 is 4.97. The van der Waals surface area contributed by atoms with Crippen LogP contribution in [0.4, 0.5) is 5.69 Å². The Labute approximate surface area is 170 Å². The number of hydrogen-bond acceptors (Lipinski definition) is 6. The summed E-state index contributed by atoms with van der Waals surface area (Å²) in [4.78, 5) is 4.54. The number of nitrogens with one attached hydrogen (secondary N) is 1. The van der Waals surface area contributed by atoms with E-state index in [0.29, 0.717) is 16.7 Å². The highest BCUT2D eigenvalue weighted by Crippen LogP contribution is 2.38. The fourth-order valence-corrected chi connectivity index (χ4v) is 3.51. The molecular formula is C20H17BrN4OS. The summed E-state index contributed by atoms with van der Waals surface area (Å²) in [5.41, 5.74) is 4.61. The van der Waals surface area contributed by atoms with Gasteiger partial charge in [-0.3, -0.25) is 0 Å². The molecule has 0 unspecified atom stereocenters. The van der Waals surface area contributed by atoms with E-state index in [1.807, 2.05) is 49.6 Å². The number of hydrogen-bond donors (Lipinski definition) is 1. The molecule has 1 aromatic heterocycles. The average Bonchev–Trinajstić information content (AvgIpc) is 2.85. The Kier molecular flexibility index (Phi) is 5.13. The molecule has 4 rings (SSSR count). The number of ether oxygens (including phenoxy) is 1. The van der Waals surface area contributed by atoms with Crippen molar-refractivity contribution in [3.8, 4) is 17.1 Å². The molecule has 0 radical (unpaired) electrons. The summed E-state index contributed by atoms with van der Waals surface area (Å²) < 4.78 is 7.19. The van der Waals surface area contributed by atoms with Crippen LogP contribution >= 0.6 is 27.7 Å². The second-order valence-electron chi connectivity index (χ2n) is 6.08. The lowest BCUT2D eigenvalue weighted by Gasteiger charge is -2.20. The minimum absolute atomic E-state index is 0.363. The molecule has 136 valence electrons. The highest BCUT2D eigenvalue weighted by molar-refractivity contribution is 9.10. The minimum Gasteiger partial charge on any atom is -0.448 e. The third-order valence-corrected chi connectivity index (χ3v) is 5.21. The van der Waals surface area contributed by atoms with Gasteiger partial charge in [0.15, 0.2) is 11.9 Å². The normalized spacial score (nSPS) is 15.8. The van der Waals surface area contributed by atoms with Gasteiger partial charge in [-0.15, -0.1) is 10.2 Å². The van der Waals surface area contributed by atoms with E-state index in [-0.39, 0.29) is 6.23 Å². The summed E-state index contributed by atoms with van der Waals surface area (Å²) in [7, 11) is 0. The Bertz CT molecular complexity index is 1010. The van der Waals surface area contributed by atoms with E-state index in [1.165, 1.54) is 11.8 Å². The van der Waals surface area contributed by atoms with Gasteiger partial charge in [-0.25, -0.2) is 0 Å². The fraction of sp³-hybridized carbons (Fsp3) is 0.150. The van der Waals surface area contributed by atoms with Crippen molar-refractivity contribution in [1.82, 2.24) is 15.2 Å². The van der Waals surface area contributed by atoms with E-state index in [9.17, 15) is 0 Å². The van der Waals surface area contributed by atoms with Gasteiger partial charge in [0.25, 0.3) is 0 Å². The molecule has 0 aliphatic carbocycles. The number of nitrogens with zero attached hydrogens (tertiary/aromatic N) is 3. The van der Waals surface area contributed by atoms with Gasteiger partial charge < -0.3 is 10.1 Å². The zero-order chi connectivity index (χ0) is 18.8. The van der Waals surface area contributed by atoms with Crippen LogP contribution in [0.2, 0.25) is 0 Å². The van der Waals surface area contributed by atoms with Gasteiger partial charge in [-0.05, 0) is 42.5 Å². The first-order chi connectivity index (χ1) is 13.1. The number of aromatic nitrogens is 3. The van der Waals surface area contributed by atoms with E-state index in [2.05, 4.69) is 54.6 Å². The maximum atomic E-state index is 6.23. The number of halogens is 1. The topological polar surface area (TPSA) is 59.9 Å². The Morgan fingerprint density at radius 1 is 1.19 bits per heavy atom. The SMILES string of the molecule is CSc1nnc2c(n1)O[C@H](/C(C)=C/c1ccccc1)Nc1ccc(Br)cc1-2. The lowest BCUT2D eigenvalue weighted by molar-refractivity contribution is 0.255. The number of benzene rings is 2. The van der Waals surface area contributed by atoms with Gasteiger partial charge in [0.1, 0.15) is 0 Å². The van der Waals surface area contributed by atoms with Gasteiger partial charge in [0.2, 0.25) is 11.0 Å². The van der Waals surface area contributed by atoms with Gasteiger partial charge >= 0.3 is 0 Å². The maximum absolute atomic E-state index is 6.23. The summed E-state index contributed by atoms with van der Waals surface area (Å²) in [5, 5.41) is 12.6. The number of anilines is 1. The van der Waals surface area contributed by atoms with Crippen LogP contribution in [0.1, 0.15) is 12.5 Å². The number of thioether (sulfide) groups is 1. The summed E-state index contributed by atoms with van der Waals surface area (Å²) in [5.74, 6) is 0.476. The van der Waals surface area contributed by atoms with Crippen molar-refractivity contribution in [1.29, 1.82) is 0 Å². The van der Waals surface area contributed by atoms with Gasteiger partial charge in [-0.1, -0.05) is 64.1 Å². The molecule has 1 aliphatic rings. The van der Waals surface area contributed by atoms with E-state index >= 15 is 0 Å². The molecule has 2 heterocycles. The third-order valence-electron chi connectivity index (χ3n) is 4.18. The highest BCUT2D eigenvalue weighted by atomic mass is 79.9. The zero-order valence-electron chi connectivity index (χ0n) is 14.8. The Hall–Kier alpha value is -2.38. The van der Waals surface area contributed by atoms with E-state index in [4.69, 9.17) is 4.74 Å². The molecule has 1 atom stereocenters. The van der Waals surface area contributed by atoms with Gasteiger partial charge in [-0.2, -0.15) is 4.98 Å². The first-order valence-electron chi connectivity index (χ1n) is 8.39. The molecule has 0 amide bonds. The van der Waals surface area contributed by atoms with Crippen molar-refractivity contribution in [2.24, 2.45) is 0 Å². The molecular weight excluding hydrogens is 424 g/mol. The number of rotatable bonds is 3. The number of fused-ring (bicyclic) bond motifs is 3. The molecule has 5 nitrogen and oxygen atoms in total. The lowest BCUT2D eigenvalue weighted by Crippen LogP contribution is -2.27. The van der Waals surface area contributed by atoms with Crippen molar-refractivity contribution in [3.05, 3.63) is 64.1 Å². The minimum atomic E-state index is -0.363. The van der Waals surface area contributed by atoms with Crippen LogP contribution in [0.5, 0.6) is 5.88 Å². The van der Waals surface area contributed by atoms with Crippen LogP contribution < -0.4 is 10.1 Å². The van der Waals surface area contributed by atoms with Crippen LogP contribution in [-0.2, 0) is 0 Å². The Morgan fingerprint density at radius 2 is 2.00 bits per heavy atom. The molecule has 0 fully saturated rings. The largest absolute Gasteiger partial charge is 0.448 e. The predicted molar refractivity (Wildman–Crippen MR) is 113 cm³/mol. The molecule has 1 N–H and O–H groups in total. The molecule has 27 heavy (non-hydrogen) atoms. The monoisotopic (exact) mass is 440 g/mol. The summed E-state index contributed by atoms with van der Waals surface area (Å²) in [6, 6.07) is 16.2. The van der Waals surface area contributed by atoms with Crippen LogP contribution in [0, 0.1) is 0 Å². The lowest BCUT2D eigenvalue weighted by atomic mass is 10.1. The fourth-order valence-electron chi connectivity index (χ4n) is 2.85. The molecule has 0 saturated heterocycles. The molecule has 0 spiro atoms. The average molecular weight is 441 g/mol. The smallest absolute Gasteiger partial charge is 0.247 e. The van der Waals surface area contributed by atoms with Gasteiger partial charge in [0.05, 0.1) is 0 Å². The zero-order valence-corrected chi connectivity index (χ0v) is 17.2. The standard InChI is InChI=1S/C20H17BrN4OS/c1-12(10-13-6-4-3-5-7-13)18-22-16-9-8-14(21)11-15(16)17-19(26-18)23-20(27-2)25-24-17/h3-11,18,22H,1-2H3/b12-10+/t18-/m1/s1. The Balaban J connectivity index is 1.80. The maximum Gasteiger partial charge on any atom is 0.247 e. The van der Waals surface area contributed by atoms with Crippen molar-refractivity contribution in [3.63, 3.8) is 0 Å². The van der Waals surface area contributed by atoms with Crippen molar-refractivity contribution < 1.29 is 4.74 Å². The van der Waals surface area contributed by atoms with E-state index in [1.54, 1.807) is 0 Å². The second kappa shape index (κ2) is 7.70. The van der Waals surface area contributed by atoms with Crippen molar-refractivity contribution >= 4 is 39.5 Å². The first kappa shape index (κ1) is 18.0. The first-order valence-corrected chi connectivity index (χ1v) is 10.4. The molecule has 1 aliphatic heterocycles. The summed E-state index contributed by atoms with van der Waals surface area (Å²) in [6.07, 6.45) is 3.66. The Morgan fingerprint density at radius 3 is 2.78 bits per heavy atom. The molecule has 0 bridgehead atoms. The molecule has 2 aromatic carbocycles. The van der Waals surface area contributed by atoms with Crippen LogP contribution in [0.3, 0.4) is 0 Å². The van der Waals surface area contributed by atoms with Crippen LogP contribution in [-0.4, -0.2) is 27.7 Å². The third kappa shape index (κ3) is 3.84. The molecule has 7 heteroatoms. The quantitative estimate of drug-likeness (QED) is 0.560. The second-order valence-corrected chi connectivity index (χ2v) is 7.77. The molecule has 0 saturated carbocycles. The van der Waals surface area contributed by atoms with Crippen LogP contribution in [0.25, 0.3) is 17.3 Å². The molecule has 3 aromatic rings. The van der Waals surface area contributed by atoms with E-state index < -0.39 is 0 Å². The summed E-state index contributed by atoms with van der Waals surface area (Å²) in [6.45, 7) is 2.04. The van der Waals surface area contributed by atoms with Gasteiger partial charge in [0, 0.05) is 15.7 Å². The van der Waals surface area contributed by atoms with E-state index in [0.717, 1.165) is 26.9 Å². The van der Waals surface area contributed by atoms with Crippen molar-refractivity contribution in [2.45, 2.75) is 18.3 Å². The predicted octanol–water partition coefficient (Wildman–Crippen LogP) is 5.26. The van der Waals surface area contributed by atoms with Crippen molar-refractivity contribution in [2.75, 3.05) is 11.6 Å². The highest BCUT2D eigenvalue weighted by Gasteiger charge is 2.26. The van der Waals surface area contributed by atoms with Crippen LogP contribution in [0.15, 0.2) is 63.7 Å².